The number of hydrogen-bond acceptors (Lipinski definition) is 5. The molecule has 2 heterocycles. The second-order valence-corrected chi connectivity index (χ2v) is 7.39. The summed E-state index contributed by atoms with van der Waals surface area (Å²) >= 11 is 0. The average molecular weight is 414 g/mol. The second kappa shape index (κ2) is 8.07. The fourth-order valence-corrected chi connectivity index (χ4v) is 3.88. The van der Waals surface area contributed by atoms with Crippen LogP contribution in [0.3, 0.4) is 0 Å². The quantitative estimate of drug-likeness (QED) is 0.590. The Kier molecular flexibility index (Phi) is 4.96. The number of carbonyl (C=O) groups is 1. The second-order valence-electron chi connectivity index (χ2n) is 7.39. The molecule has 3 aromatic carbocycles. The fourth-order valence-electron chi connectivity index (χ4n) is 3.88. The number of hydrogen-bond donors (Lipinski definition) is 1. The van der Waals surface area contributed by atoms with Gasteiger partial charge in [0, 0.05) is 12.2 Å². The molecule has 6 heteroatoms. The van der Waals surface area contributed by atoms with Crippen LogP contribution in [0.4, 0.5) is 5.69 Å². The molecule has 1 atom stereocenters. The summed E-state index contributed by atoms with van der Waals surface area (Å²) in [6, 6.07) is 21.1. The molecule has 0 saturated heterocycles. The summed E-state index contributed by atoms with van der Waals surface area (Å²) in [5, 5.41) is 3.52. The van der Waals surface area contributed by atoms with Crippen LogP contribution in [0.25, 0.3) is 0 Å². The van der Waals surface area contributed by atoms with Gasteiger partial charge in [-0.25, -0.2) is 0 Å². The summed E-state index contributed by atoms with van der Waals surface area (Å²) in [5.74, 6) is 2.12. The van der Waals surface area contributed by atoms with Crippen molar-refractivity contribution in [1.82, 2.24) is 4.90 Å². The van der Waals surface area contributed by atoms with Crippen molar-refractivity contribution in [2.45, 2.75) is 12.7 Å². The van der Waals surface area contributed by atoms with Crippen LogP contribution in [0.5, 0.6) is 17.2 Å². The highest BCUT2D eigenvalue weighted by molar-refractivity contribution is 6.01. The van der Waals surface area contributed by atoms with Gasteiger partial charge in [-0.2, -0.15) is 0 Å². The number of para-hydroxylation sites is 1. The minimum atomic E-state index is -0.347. The van der Waals surface area contributed by atoms with E-state index in [1.54, 1.807) is 6.08 Å². The van der Waals surface area contributed by atoms with Gasteiger partial charge in [0.05, 0.1) is 5.56 Å². The van der Waals surface area contributed by atoms with Crippen LogP contribution < -0.4 is 19.5 Å². The standard InChI is InChI=1S/C25H22N2O4/c1-2-12-29-19-7-5-6-18(14-19)24-26-21-9-4-3-8-20(21)25(28)27(24)15-17-10-11-22-23(13-17)31-16-30-22/h2-11,13-14,24,26H,1,12,15-16H2/t24-/m1/s1. The lowest BCUT2D eigenvalue weighted by Crippen LogP contribution is -2.42. The molecular formula is C25H22N2O4. The summed E-state index contributed by atoms with van der Waals surface area (Å²) in [7, 11) is 0. The van der Waals surface area contributed by atoms with Crippen molar-refractivity contribution < 1.29 is 19.0 Å². The molecule has 1 amide bonds. The van der Waals surface area contributed by atoms with E-state index >= 15 is 0 Å². The van der Waals surface area contributed by atoms with Gasteiger partial charge >= 0.3 is 0 Å². The summed E-state index contributed by atoms with van der Waals surface area (Å²) in [4.78, 5) is 15.3. The van der Waals surface area contributed by atoms with E-state index in [1.165, 1.54) is 0 Å². The molecular weight excluding hydrogens is 392 g/mol. The van der Waals surface area contributed by atoms with Crippen molar-refractivity contribution in [2.75, 3.05) is 18.7 Å². The van der Waals surface area contributed by atoms with E-state index in [-0.39, 0.29) is 18.9 Å². The highest BCUT2D eigenvalue weighted by Crippen LogP contribution is 2.37. The van der Waals surface area contributed by atoms with Gasteiger partial charge in [-0.3, -0.25) is 4.79 Å². The first kappa shape index (κ1) is 19.1. The number of ether oxygens (including phenoxy) is 3. The number of nitrogens with zero attached hydrogens (tertiary/aromatic N) is 1. The summed E-state index contributed by atoms with van der Waals surface area (Å²) < 4.78 is 16.6. The van der Waals surface area contributed by atoms with Gasteiger partial charge in [-0.1, -0.05) is 43.0 Å². The molecule has 0 fully saturated rings. The highest BCUT2D eigenvalue weighted by Gasteiger charge is 2.33. The van der Waals surface area contributed by atoms with Crippen LogP contribution in [-0.2, 0) is 6.54 Å². The molecule has 6 nitrogen and oxygen atoms in total. The molecule has 0 spiro atoms. The number of benzene rings is 3. The third-order valence-electron chi connectivity index (χ3n) is 5.35. The number of fused-ring (bicyclic) bond motifs is 2. The number of amides is 1. The molecule has 0 bridgehead atoms. The minimum Gasteiger partial charge on any atom is -0.490 e. The van der Waals surface area contributed by atoms with Crippen LogP contribution in [-0.4, -0.2) is 24.2 Å². The Hall–Kier alpha value is -3.93. The van der Waals surface area contributed by atoms with E-state index < -0.39 is 0 Å². The van der Waals surface area contributed by atoms with Crippen molar-refractivity contribution in [2.24, 2.45) is 0 Å². The smallest absolute Gasteiger partial charge is 0.258 e. The number of rotatable bonds is 6. The van der Waals surface area contributed by atoms with Gasteiger partial charge in [0.25, 0.3) is 5.91 Å². The topological polar surface area (TPSA) is 60.0 Å². The molecule has 0 aromatic heterocycles. The first-order valence-corrected chi connectivity index (χ1v) is 10.1. The predicted molar refractivity (Wildman–Crippen MR) is 117 cm³/mol. The summed E-state index contributed by atoms with van der Waals surface area (Å²) in [6.07, 6.45) is 1.36. The summed E-state index contributed by atoms with van der Waals surface area (Å²) in [6.45, 7) is 4.75. The van der Waals surface area contributed by atoms with Crippen molar-refractivity contribution in [3.63, 3.8) is 0 Å². The normalized spacial score (nSPS) is 16.5. The minimum absolute atomic E-state index is 0.0329. The fraction of sp³-hybridized carbons (Fsp3) is 0.160. The highest BCUT2D eigenvalue weighted by atomic mass is 16.7. The Bertz CT molecular complexity index is 1140. The van der Waals surface area contributed by atoms with Gasteiger partial charge in [-0.05, 0) is 47.5 Å². The zero-order valence-electron chi connectivity index (χ0n) is 16.9. The van der Waals surface area contributed by atoms with Crippen LogP contribution in [0.2, 0.25) is 0 Å². The molecule has 1 N–H and O–H groups in total. The first-order chi connectivity index (χ1) is 15.2. The molecule has 0 saturated carbocycles. The zero-order chi connectivity index (χ0) is 21.2. The molecule has 2 aliphatic rings. The third-order valence-corrected chi connectivity index (χ3v) is 5.35. The SMILES string of the molecule is C=CCOc1cccc([C@@H]2Nc3ccccc3C(=O)N2Cc2ccc3c(c2)OCO3)c1. The number of nitrogens with one attached hydrogen (secondary N) is 1. The Morgan fingerprint density at radius 2 is 1.94 bits per heavy atom. The van der Waals surface area contributed by atoms with Gasteiger partial charge in [-0.15, -0.1) is 0 Å². The van der Waals surface area contributed by atoms with Crippen molar-refractivity contribution >= 4 is 11.6 Å². The molecule has 31 heavy (non-hydrogen) atoms. The lowest BCUT2D eigenvalue weighted by Gasteiger charge is -2.38. The average Bonchev–Trinajstić information content (AvgIpc) is 3.27. The zero-order valence-corrected chi connectivity index (χ0v) is 16.9. The van der Waals surface area contributed by atoms with Crippen molar-refractivity contribution in [1.29, 1.82) is 0 Å². The molecule has 0 unspecified atom stereocenters. The maximum absolute atomic E-state index is 13.5. The Morgan fingerprint density at radius 1 is 1.06 bits per heavy atom. The lowest BCUT2D eigenvalue weighted by atomic mass is 10.0. The largest absolute Gasteiger partial charge is 0.490 e. The van der Waals surface area contributed by atoms with Crippen LogP contribution in [0.1, 0.15) is 27.7 Å². The number of anilines is 1. The third kappa shape index (κ3) is 3.68. The molecule has 3 aromatic rings. The van der Waals surface area contributed by atoms with E-state index in [2.05, 4.69) is 11.9 Å². The maximum atomic E-state index is 13.5. The Balaban J connectivity index is 1.51. The number of carbonyl (C=O) groups excluding carboxylic acids is 1. The maximum Gasteiger partial charge on any atom is 0.258 e. The van der Waals surface area contributed by atoms with Crippen molar-refractivity contribution in [3.05, 3.63) is 96.1 Å². The van der Waals surface area contributed by atoms with Gasteiger partial charge < -0.3 is 24.4 Å². The predicted octanol–water partition coefficient (Wildman–Crippen LogP) is 4.75. The first-order valence-electron chi connectivity index (χ1n) is 10.1. The lowest BCUT2D eigenvalue weighted by molar-refractivity contribution is 0.0666. The molecule has 5 rings (SSSR count). The Morgan fingerprint density at radius 3 is 2.84 bits per heavy atom. The van der Waals surface area contributed by atoms with E-state index in [0.29, 0.717) is 24.5 Å². The summed E-state index contributed by atoms with van der Waals surface area (Å²) in [5.41, 5.74) is 3.36. The Labute approximate surface area is 180 Å². The van der Waals surface area contributed by atoms with Crippen LogP contribution in [0, 0.1) is 0 Å². The van der Waals surface area contributed by atoms with Crippen LogP contribution >= 0.6 is 0 Å². The van der Waals surface area contributed by atoms with Crippen LogP contribution in [0.15, 0.2) is 79.4 Å². The monoisotopic (exact) mass is 414 g/mol. The van der Waals surface area contributed by atoms with Gasteiger partial charge in [0.2, 0.25) is 6.79 Å². The van der Waals surface area contributed by atoms with E-state index in [9.17, 15) is 4.79 Å². The van der Waals surface area contributed by atoms with Gasteiger partial charge in [0.15, 0.2) is 11.5 Å². The molecule has 0 aliphatic carbocycles. The molecule has 0 radical (unpaired) electrons. The molecule has 2 aliphatic heterocycles. The van der Waals surface area contributed by atoms with Gasteiger partial charge in [0.1, 0.15) is 18.5 Å². The van der Waals surface area contributed by atoms with Crippen molar-refractivity contribution in [3.8, 4) is 17.2 Å². The van der Waals surface area contributed by atoms with E-state index in [1.807, 2.05) is 71.6 Å². The molecule has 156 valence electrons. The van der Waals surface area contributed by atoms with E-state index in [4.69, 9.17) is 14.2 Å². The van der Waals surface area contributed by atoms with E-state index in [0.717, 1.165) is 28.3 Å².